The summed E-state index contributed by atoms with van der Waals surface area (Å²) in [6.45, 7) is 3.28. The molecule has 0 spiro atoms. The lowest BCUT2D eigenvalue weighted by atomic mass is 10.1. The quantitative estimate of drug-likeness (QED) is 0.548. The van der Waals surface area contributed by atoms with Crippen molar-refractivity contribution >= 4 is 5.78 Å². The number of carbonyl (C=O) groups is 1. The van der Waals surface area contributed by atoms with E-state index >= 15 is 0 Å². The first-order valence-electron chi connectivity index (χ1n) is 4.42. The SMILES string of the molecule is CCOCCC(=O)CC1CC1. The summed E-state index contributed by atoms with van der Waals surface area (Å²) < 4.78 is 5.09. The van der Waals surface area contributed by atoms with Crippen LogP contribution in [-0.4, -0.2) is 19.0 Å². The van der Waals surface area contributed by atoms with Crippen LogP contribution in [-0.2, 0) is 9.53 Å². The molecule has 1 saturated carbocycles. The molecule has 0 atom stereocenters. The summed E-state index contributed by atoms with van der Waals surface area (Å²) in [6.07, 6.45) is 3.94. The second kappa shape index (κ2) is 4.50. The second-order valence-electron chi connectivity index (χ2n) is 3.13. The van der Waals surface area contributed by atoms with Gasteiger partial charge in [0.2, 0.25) is 0 Å². The molecule has 0 radical (unpaired) electrons. The van der Waals surface area contributed by atoms with Crippen LogP contribution in [0.4, 0.5) is 0 Å². The highest BCUT2D eigenvalue weighted by Gasteiger charge is 2.23. The van der Waals surface area contributed by atoms with Crippen molar-refractivity contribution in [2.45, 2.75) is 32.6 Å². The van der Waals surface area contributed by atoms with E-state index < -0.39 is 0 Å². The first-order chi connectivity index (χ1) is 5.33. The number of rotatable bonds is 6. The Morgan fingerprint density at radius 3 is 2.82 bits per heavy atom. The number of hydrogen-bond donors (Lipinski definition) is 0. The normalized spacial score (nSPS) is 16.8. The smallest absolute Gasteiger partial charge is 0.135 e. The van der Waals surface area contributed by atoms with Gasteiger partial charge < -0.3 is 4.74 Å². The fourth-order valence-electron chi connectivity index (χ4n) is 1.08. The third-order valence-corrected chi connectivity index (χ3v) is 1.94. The van der Waals surface area contributed by atoms with E-state index in [4.69, 9.17) is 4.74 Å². The minimum atomic E-state index is 0.376. The molecule has 0 heterocycles. The molecule has 1 aliphatic rings. The van der Waals surface area contributed by atoms with Crippen molar-refractivity contribution in [1.82, 2.24) is 0 Å². The predicted molar refractivity (Wildman–Crippen MR) is 43.5 cm³/mol. The van der Waals surface area contributed by atoms with Crippen LogP contribution in [0.1, 0.15) is 32.6 Å². The van der Waals surface area contributed by atoms with Crippen LogP contribution in [0.25, 0.3) is 0 Å². The van der Waals surface area contributed by atoms with E-state index in [2.05, 4.69) is 0 Å². The molecule has 64 valence electrons. The van der Waals surface area contributed by atoms with Crippen molar-refractivity contribution in [3.05, 3.63) is 0 Å². The summed E-state index contributed by atoms with van der Waals surface area (Å²) in [6, 6.07) is 0. The minimum absolute atomic E-state index is 0.376. The molecular formula is C9H16O2. The maximum atomic E-state index is 11.1. The van der Waals surface area contributed by atoms with Crippen LogP contribution in [0, 0.1) is 5.92 Å². The zero-order valence-electron chi connectivity index (χ0n) is 7.14. The van der Waals surface area contributed by atoms with Crippen molar-refractivity contribution < 1.29 is 9.53 Å². The Hall–Kier alpha value is -0.370. The molecule has 0 aliphatic heterocycles. The van der Waals surface area contributed by atoms with E-state index in [1.165, 1.54) is 12.8 Å². The number of Topliss-reactive ketones (excluding diaryl/α,β-unsaturated/α-hetero) is 1. The Kier molecular flexibility index (Phi) is 3.57. The first kappa shape index (κ1) is 8.72. The molecule has 11 heavy (non-hydrogen) atoms. The molecule has 2 heteroatoms. The van der Waals surface area contributed by atoms with Gasteiger partial charge in [0.25, 0.3) is 0 Å². The van der Waals surface area contributed by atoms with Crippen LogP contribution >= 0.6 is 0 Å². The lowest BCUT2D eigenvalue weighted by Crippen LogP contribution is -2.04. The van der Waals surface area contributed by atoms with Gasteiger partial charge in [0.15, 0.2) is 0 Å². The van der Waals surface area contributed by atoms with Crippen molar-refractivity contribution in [3.8, 4) is 0 Å². The average Bonchev–Trinajstić information content (AvgIpc) is 2.72. The second-order valence-corrected chi connectivity index (χ2v) is 3.13. The molecular weight excluding hydrogens is 140 g/mol. The summed E-state index contributed by atoms with van der Waals surface area (Å²) in [5, 5.41) is 0. The molecule has 0 unspecified atom stereocenters. The topological polar surface area (TPSA) is 26.3 Å². The number of carbonyl (C=O) groups excluding carboxylic acids is 1. The highest BCUT2D eigenvalue weighted by molar-refractivity contribution is 5.78. The van der Waals surface area contributed by atoms with Crippen molar-refractivity contribution in [3.63, 3.8) is 0 Å². The monoisotopic (exact) mass is 156 g/mol. The third-order valence-electron chi connectivity index (χ3n) is 1.94. The number of ether oxygens (including phenoxy) is 1. The standard InChI is InChI=1S/C9H16O2/c1-2-11-6-5-9(10)7-8-3-4-8/h8H,2-7H2,1H3. The van der Waals surface area contributed by atoms with Gasteiger partial charge in [-0.3, -0.25) is 4.79 Å². The molecule has 0 aromatic heterocycles. The summed E-state index contributed by atoms with van der Waals surface area (Å²) in [7, 11) is 0. The van der Waals surface area contributed by atoms with Gasteiger partial charge in [-0.2, -0.15) is 0 Å². The van der Waals surface area contributed by atoms with E-state index in [-0.39, 0.29) is 0 Å². The van der Waals surface area contributed by atoms with Gasteiger partial charge in [-0.15, -0.1) is 0 Å². The molecule has 0 N–H and O–H groups in total. The van der Waals surface area contributed by atoms with E-state index in [9.17, 15) is 4.79 Å². The zero-order valence-corrected chi connectivity index (χ0v) is 7.14. The molecule has 1 aliphatic carbocycles. The summed E-state index contributed by atoms with van der Waals surface area (Å²) >= 11 is 0. The number of ketones is 1. The molecule has 2 nitrogen and oxygen atoms in total. The first-order valence-corrected chi connectivity index (χ1v) is 4.42. The lowest BCUT2D eigenvalue weighted by molar-refractivity contribution is -0.120. The van der Waals surface area contributed by atoms with E-state index in [0.717, 1.165) is 18.9 Å². The predicted octanol–water partition coefficient (Wildman–Crippen LogP) is 1.78. The molecule has 1 fully saturated rings. The van der Waals surface area contributed by atoms with Crippen LogP contribution in [0.3, 0.4) is 0 Å². The lowest BCUT2D eigenvalue weighted by Gasteiger charge is -1.99. The molecule has 0 saturated heterocycles. The van der Waals surface area contributed by atoms with Crippen molar-refractivity contribution in [2.24, 2.45) is 5.92 Å². The Labute approximate surface area is 67.9 Å². The van der Waals surface area contributed by atoms with Gasteiger partial charge in [-0.1, -0.05) is 0 Å². The van der Waals surface area contributed by atoms with Gasteiger partial charge in [-0.25, -0.2) is 0 Å². The van der Waals surface area contributed by atoms with Crippen LogP contribution < -0.4 is 0 Å². The summed E-state index contributed by atoms with van der Waals surface area (Å²) in [5.74, 6) is 1.10. The largest absolute Gasteiger partial charge is 0.381 e. The third kappa shape index (κ3) is 4.14. The zero-order chi connectivity index (χ0) is 8.10. The van der Waals surface area contributed by atoms with Crippen LogP contribution in [0.2, 0.25) is 0 Å². The summed E-state index contributed by atoms with van der Waals surface area (Å²) in [4.78, 5) is 11.1. The van der Waals surface area contributed by atoms with Gasteiger partial charge in [-0.05, 0) is 25.7 Å². The van der Waals surface area contributed by atoms with Gasteiger partial charge in [0, 0.05) is 19.4 Å². The average molecular weight is 156 g/mol. The van der Waals surface area contributed by atoms with Gasteiger partial charge in [0.1, 0.15) is 5.78 Å². The van der Waals surface area contributed by atoms with E-state index in [0.29, 0.717) is 18.8 Å². The molecule has 1 rings (SSSR count). The van der Waals surface area contributed by atoms with Gasteiger partial charge in [0.05, 0.1) is 6.61 Å². The minimum Gasteiger partial charge on any atom is -0.381 e. The summed E-state index contributed by atoms with van der Waals surface area (Å²) in [5.41, 5.74) is 0. The Balaban J connectivity index is 1.92. The fourth-order valence-corrected chi connectivity index (χ4v) is 1.08. The Morgan fingerprint density at radius 2 is 2.27 bits per heavy atom. The Bertz CT molecular complexity index is 128. The number of hydrogen-bond acceptors (Lipinski definition) is 2. The van der Waals surface area contributed by atoms with Crippen LogP contribution in [0.15, 0.2) is 0 Å². The van der Waals surface area contributed by atoms with Crippen molar-refractivity contribution in [2.75, 3.05) is 13.2 Å². The van der Waals surface area contributed by atoms with E-state index in [1.807, 2.05) is 6.92 Å². The molecule has 0 bridgehead atoms. The Morgan fingerprint density at radius 1 is 1.55 bits per heavy atom. The molecule has 0 aromatic carbocycles. The fraction of sp³-hybridized carbons (Fsp3) is 0.889. The highest BCUT2D eigenvalue weighted by atomic mass is 16.5. The maximum Gasteiger partial charge on any atom is 0.135 e. The molecule has 0 amide bonds. The maximum absolute atomic E-state index is 11.1. The van der Waals surface area contributed by atoms with Crippen LogP contribution in [0.5, 0.6) is 0 Å². The van der Waals surface area contributed by atoms with Crippen molar-refractivity contribution in [1.29, 1.82) is 0 Å². The van der Waals surface area contributed by atoms with E-state index in [1.54, 1.807) is 0 Å². The van der Waals surface area contributed by atoms with Gasteiger partial charge >= 0.3 is 0 Å². The highest BCUT2D eigenvalue weighted by Crippen LogP contribution is 2.32. The molecule has 0 aromatic rings.